The summed E-state index contributed by atoms with van der Waals surface area (Å²) in [5, 5.41) is 11.5. The predicted molar refractivity (Wildman–Crippen MR) is 90.8 cm³/mol. The van der Waals surface area contributed by atoms with Gasteiger partial charge in [0.05, 0.1) is 9.79 Å². The molecule has 130 valence electrons. The first-order chi connectivity index (χ1) is 12.1. The monoisotopic (exact) mass is 358 g/mol. The predicted octanol–water partition coefficient (Wildman–Crippen LogP) is 2.49. The molecule has 1 aromatic heterocycles. The van der Waals surface area contributed by atoms with Crippen LogP contribution < -0.4 is 4.74 Å². The first-order valence-corrected chi connectivity index (χ1v) is 9.37. The fourth-order valence-corrected chi connectivity index (χ4v) is 3.59. The van der Waals surface area contributed by atoms with Gasteiger partial charge in [-0.05, 0) is 53.2 Å². The maximum atomic E-state index is 12.5. The van der Waals surface area contributed by atoms with E-state index in [0.717, 1.165) is 13.0 Å². The van der Waals surface area contributed by atoms with Gasteiger partial charge in [-0.3, -0.25) is 0 Å². The Morgan fingerprint density at radius 1 is 1.00 bits per heavy atom. The van der Waals surface area contributed by atoms with Crippen LogP contribution in [0.2, 0.25) is 0 Å². The van der Waals surface area contributed by atoms with Gasteiger partial charge >= 0.3 is 0 Å². The fourth-order valence-electron chi connectivity index (χ4n) is 2.31. The Bertz CT molecular complexity index is 922. The Morgan fingerprint density at radius 3 is 2.36 bits per heavy atom. The summed E-state index contributed by atoms with van der Waals surface area (Å²) in [5.41, 5.74) is 0. The summed E-state index contributed by atoms with van der Waals surface area (Å²) in [6.45, 7) is 2.98. The molecule has 0 spiro atoms. The highest BCUT2D eigenvalue weighted by Crippen LogP contribution is 2.23. The van der Waals surface area contributed by atoms with Crippen LogP contribution in [0.1, 0.15) is 19.2 Å². The average molecular weight is 358 g/mol. The first-order valence-electron chi connectivity index (χ1n) is 7.89. The van der Waals surface area contributed by atoms with Gasteiger partial charge in [0.15, 0.2) is 5.82 Å². The number of nitrogens with zero attached hydrogens (tertiary/aromatic N) is 4. The Labute approximate surface area is 146 Å². The van der Waals surface area contributed by atoms with Crippen LogP contribution in [0.3, 0.4) is 0 Å². The molecule has 0 bridgehead atoms. The Balaban J connectivity index is 1.71. The van der Waals surface area contributed by atoms with E-state index < -0.39 is 9.84 Å². The van der Waals surface area contributed by atoms with Crippen molar-refractivity contribution in [2.45, 2.75) is 36.3 Å². The summed E-state index contributed by atoms with van der Waals surface area (Å²) in [6, 6.07) is 14.7. The zero-order valence-electron chi connectivity index (χ0n) is 13.7. The maximum Gasteiger partial charge on any atom is 0.206 e. The molecular formula is C17H18N4O3S. The van der Waals surface area contributed by atoms with Crippen molar-refractivity contribution in [2.24, 2.45) is 0 Å². The number of benzene rings is 2. The van der Waals surface area contributed by atoms with Crippen molar-refractivity contribution >= 4 is 9.84 Å². The van der Waals surface area contributed by atoms with Gasteiger partial charge in [0.1, 0.15) is 12.4 Å². The highest BCUT2D eigenvalue weighted by atomic mass is 32.2. The van der Waals surface area contributed by atoms with Gasteiger partial charge in [0, 0.05) is 6.54 Å². The van der Waals surface area contributed by atoms with E-state index in [-0.39, 0.29) is 16.4 Å². The van der Waals surface area contributed by atoms with E-state index in [9.17, 15) is 8.42 Å². The fraction of sp³-hybridized carbons (Fsp3) is 0.235. The highest BCUT2D eigenvalue weighted by Gasteiger charge is 2.17. The van der Waals surface area contributed by atoms with Gasteiger partial charge in [0.25, 0.3) is 0 Å². The number of tetrazole rings is 1. The summed E-state index contributed by atoms with van der Waals surface area (Å²) in [7, 11) is -3.52. The summed E-state index contributed by atoms with van der Waals surface area (Å²) < 4.78 is 32.4. The number of hydrogen-bond donors (Lipinski definition) is 0. The zero-order valence-corrected chi connectivity index (χ0v) is 14.6. The molecule has 0 saturated heterocycles. The third-order valence-corrected chi connectivity index (χ3v) is 5.38. The number of ether oxygens (including phenoxy) is 1. The second-order valence-electron chi connectivity index (χ2n) is 5.39. The van der Waals surface area contributed by atoms with Crippen LogP contribution >= 0.6 is 0 Å². The van der Waals surface area contributed by atoms with Crippen LogP contribution in [0.15, 0.2) is 64.4 Å². The van der Waals surface area contributed by atoms with Crippen LogP contribution in [-0.4, -0.2) is 28.6 Å². The SMILES string of the molecule is CCCn1nnnc1COc1ccc(S(=O)(=O)c2ccccc2)cc1. The number of aromatic nitrogens is 4. The molecule has 0 N–H and O–H groups in total. The van der Waals surface area contributed by atoms with E-state index in [1.165, 1.54) is 12.1 Å². The molecule has 0 radical (unpaired) electrons. The summed E-state index contributed by atoms with van der Waals surface area (Å²) in [4.78, 5) is 0.490. The van der Waals surface area contributed by atoms with E-state index >= 15 is 0 Å². The smallest absolute Gasteiger partial charge is 0.206 e. The van der Waals surface area contributed by atoms with Crippen LogP contribution in [0.25, 0.3) is 0 Å². The molecule has 0 atom stereocenters. The Morgan fingerprint density at radius 2 is 1.68 bits per heavy atom. The number of sulfone groups is 1. The lowest BCUT2D eigenvalue weighted by molar-refractivity contribution is 0.286. The molecule has 8 heteroatoms. The molecule has 0 unspecified atom stereocenters. The number of aryl methyl sites for hydroxylation is 1. The summed E-state index contributed by atoms with van der Waals surface area (Å²) in [6.07, 6.45) is 0.921. The molecule has 3 rings (SSSR count). The van der Waals surface area contributed by atoms with E-state index in [1.54, 1.807) is 47.1 Å². The summed E-state index contributed by atoms with van der Waals surface area (Å²) in [5.74, 6) is 1.18. The normalized spacial score (nSPS) is 11.4. The minimum absolute atomic E-state index is 0.220. The molecule has 25 heavy (non-hydrogen) atoms. The molecule has 2 aromatic carbocycles. The van der Waals surface area contributed by atoms with Crippen molar-refractivity contribution in [2.75, 3.05) is 0 Å². The topological polar surface area (TPSA) is 87.0 Å². The molecule has 0 aliphatic heterocycles. The van der Waals surface area contributed by atoms with Crippen LogP contribution in [0.5, 0.6) is 5.75 Å². The molecule has 0 aliphatic carbocycles. The first kappa shape index (κ1) is 17.1. The van der Waals surface area contributed by atoms with Gasteiger partial charge in [-0.1, -0.05) is 25.1 Å². The van der Waals surface area contributed by atoms with Crippen LogP contribution in [-0.2, 0) is 23.0 Å². The third kappa shape index (κ3) is 3.85. The number of rotatable bonds is 7. The maximum absolute atomic E-state index is 12.5. The van der Waals surface area contributed by atoms with Gasteiger partial charge < -0.3 is 4.74 Å². The minimum atomic E-state index is -3.52. The van der Waals surface area contributed by atoms with Crippen molar-refractivity contribution in [3.8, 4) is 5.75 Å². The second-order valence-corrected chi connectivity index (χ2v) is 7.34. The minimum Gasteiger partial charge on any atom is -0.486 e. The molecule has 3 aromatic rings. The van der Waals surface area contributed by atoms with Crippen molar-refractivity contribution in [1.29, 1.82) is 0 Å². The second kappa shape index (κ2) is 7.43. The van der Waals surface area contributed by atoms with E-state index in [2.05, 4.69) is 15.5 Å². The van der Waals surface area contributed by atoms with E-state index in [1.807, 2.05) is 6.92 Å². The lowest BCUT2D eigenvalue weighted by Crippen LogP contribution is -2.08. The van der Waals surface area contributed by atoms with Crippen molar-refractivity contribution in [1.82, 2.24) is 20.2 Å². The quantitative estimate of drug-likeness (QED) is 0.645. The molecule has 1 heterocycles. The van der Waals surface area contributed by atoms with Crippen molar-refractivity contribution < 1.29 is 13.2 Å². The number of hydrogen-bond acceptors (Lipinski definition) is 6. The Hall–Kier alpha value is -2.74. The summed E-state index contributed by atoms with van der Waals surface area (Å²) >= 11 is 0. The van der Waals surface area contributed by atoms with Gasteiger partial charge in [-0.15, -0.1) is 5.10 Å². The largest absolute Gasteiger partial charge is 0.486 e. The molecule has 0 fully saturated rings. The van der Waals surface area contributed by atoms with Crippen molar-refractivity contribution in [3.63, 3.8) is 0 Å². The molecule has 0 amide bonds. The standard InChI is InChI=1S/C17H18N4O3S/c1-2-12-21-17(18-19-20-21)13-24-14-8-10-16(11-9-14)25(22,23)15-6-4-3-5-7-15/h3-11H,2,12-13H2,1H3. The van der Waals surface area contributed by atoms with E-state index in [0.29, 0.717) is 11.6 Å². The molecular weight excluding hydrogens is 340 g/mol. The van der Waals surface area contributed by atoms with Gasteiger partial charge in [0.2, 0.25) is 9.84 Å². The average Bonchev–Trinajstić information content (AvgIpc) is 3.09. The van der Waals surface area contributed by atoms with Gasteiger partial charge in [-0.25, -0.2) is 13.1 Å². The van der Waals surface area contributed by atoms with Crippen LogP contribution in [0.4, 0.5) is 0 Å². The van der Waals surface area contributed by atoms with E-state index in [4.69, 9.17) is 4.74 Å². The molecule has 0 saturated carbocycles. The lowest BCUT2D eigenvalue weighted by Gasteiger charge is -2.08. The zero-order chi connectivity index (χ0) is 17.7. The Kier molecular flexibility index (Phi) is 5.08. The highest BCUT2D eigenvalue weighted by molar-refractivity contribution is 7.91. The molecule has 0 aliphatic rings. The van der Waals surface area contributed by atoms with Crippen LogP contribution in [0, 0.1) is 0 Å². The molecule has 7 nitrogen and oxygen atoms in total. The lowest BCUT2D eigenvalue weighted by atomic mass is 10.3. The van der Waals surface area contributed by atoms with Crippen molar-refractivity contribution in [3.05, 3.63) is 60.4 Å². The third-order valence-electron chi connectivity index (χ3n) is 3.60. The van der Waals surface area contributed by atoms with Gasteiger partial charge in [-0.2, -0.15) is 0 Å².